The van der Waals surface area contributed by atoms with Crippen LogP contribution in [0.2, 0.25) is 0 Å². The van der Waals surface area contributed by atoms with E-state index in [1.54, 1.807) is 32.3 Å². The lowest BCUT2D eigenvalue weighted by Gasteiger charge is -2.38. The second-order valence-electron chi connectivity index (χ2n) is 8.17. The second-order valence-corrected chi connectivity index (χ2v) is 12.3. The largest absolute Gasteiger partial charge is 0.345 e. The molecule has 0 bridgehead atoms. The van der Waals surface area contributed by atoms with Gasteiger partial charge in [0.2, 0.25) is 15.9 Å². The summed E-state index contributed by atoms with van der Waals surface area (Å²) in [6.07, 6.45) is 3.53. The van der Waals surface area contributed by atoms with Crippen LogP contribution < -0.4 is 0 Å². The van der Waals surface area contributed by atoms with Gasteiger partial charge in [0.15, 0.2) is 9.84 Å². The first kappa shape index (κ1) is 22.2. The molecule has 2 saturated heterocycles. The van der Waals surface area contributed by atoms with Crippen molar-refractivity contribution in [3.05, 3.63) is 24.5 Å². The number of nitrogens with zero attached hydrogens (tertiary/aromatic N) is 4. The maximum Gasteiger partial charge on any atom is 0.245 e. The zero-order chi connectivity index (χ0) is 22.4. The normalized spacial score (nSPS) is 23.7. The molecule has 12 heteroatoms. The van der Waals surface area contributed by atoms with E-state index in [4.69, 9.17) is 0 Å². The van der Waals surface area contributed by atoms with Gasteiger partial charge < -0.3 is 9.88 Å². The number of hydrogen-bond acceptors (Lipinski definition) is 7. The zero-order valence-electron chi connectivity index (χ0n) is 17.6. The van der Waals surface area contributed by atoms with E-state index in [1.165, 1.54) is 15.4 Å². The average Bonchev–Trinajstić information content (AvgIpc) is 3.35. The SMILES string of the molecule is CC(C(=O)N(C)C1CCS(=O)(=O)C1)N1CCN(S(=O)(=O)c2c[nH]c3ncccc23)CC1. The van der Waals surface area contributed by atoms with Crippen LogP contribution in [0.4, 0.5) is 0 Å². The van der Waals surface area contributed by atoms with Crippen molar-refractivity contribution >= 4 is 36.8 Å². The Morgan fingerprint density at radius 1 is 1.29 bits per heavy atom. The topological polar surface area (TPSA) is 124 Å². The van der Waals surface area contributed by atoms with Crippen LogP contribution in [0.3, 0.4) is 0 Å². The lowest BCUT2D eigenvalue weighted by Crippen LogP contribution is -2.56. The van der Waals surface area contributed by atoms with Gasteiger partial charge in [-0.1, -0.05) is 0 Å². The molecule has 4 heterocycles. The summed E-state index contributed by atoms with van der Waals surface area (Å²) in [5.41, 5.74) is 0.524. The first-order valence-electron chi connectivity index (χ1n) is 10.2. The number of hydrogen-bond donors (Lipinski definition) is 1. The molecule has 1 amide bonds. The second kappa shape index (κ2) is 8.15. The minimum absolute atomic E-state index is 0.00740. The summed E-state index contributed by atoms with van der Waals surface area (Å²) >= 11 is 0. The molecule has 2 aromatic rings. The Kier molecular flexibility index (Phi) is 5.83. The Hall–Kier alpha value is -2.02. The van der Waals surface area contributed by atoms with Crippen molar-refractivity contribution < 1.29 is 21.6 Å². The molecular weight excluding hydrogens is 442 g/mol. The Bertz CT molecular complexity index is 1190. The van der Waals surface area contributed by atoms with Crippen LogP contribution in [0.1, 0.15) is 13.3 Å². The average molecular weight is 470 g/mol. The Labute approximate surface area is 182 Å². The molecule has 2 aromatic heterocycles. The molecule has 0 aromatic carbocycles. The summed E-state index contributed by atoms with van der Waals surface area (Å²) in [4.78, 5) is 23.6. The summed E-state index contributed by atoms with van der Waals surface area (Å²) < 4.78 is 51.2. The Morgan fingerprint density at radius 2 is 2.00 bits per heavy atom. The van der Waals surface area contributed by atoms with E-state index in [9.17, 15) is 21.6 Å². The van der Waals surface area contributed by atoms with Gasteiger partial charge in [-0.3, -0.25) is 9.69 Å². The number of carbonyl (C=O) groups is 1. The van der Waals surface area contributed by atoms with E-state index in [2.05, 4.69) is 9.97 Å². The van der Waals surface area contributed by atoms with Gasteiger partial charge in [-0.05, 0) is 25.5 Å². The number of pyridine rings is 1. The van der Waals surface area contributed by atoms with Gasteiger partial charge in [0.1, 0.15) is 10.5 Å². The molecule has 10 nitrogen and oxygen atoms in total. The van der Waals surface area contributed by atoms with Crippen molar-refractivity contribution in [2.24, 2.45) is 0 Å². The zero-order valence-corrected chi connectivity index (χ0v) is 19.2. The smallest absolute Gasteiger partial charge is 0.245 e. The van der Waals surface area contributed by atoms with Crippen LogP contribution in [-0.2, 0) is 24.7 Å². The van der Waals surface area contributed by atoms with Gasteiger partial charge in [-0.15, -0.1) is 0 Å². The summed E-state index contributed by atoms with van der Waals surface area (Å²) in [5, 5.41) is 0.557. The fourth-order valence-electron chi connectivity index (χ4n) is 4.33. The molecule has 2 aliphatic rings. The van der Waals surface area contributed by atoms with Gasteiger partial charge in [0.25, 0.3) is 0 Å². The predicted octanol–water partition coefficient (Wildman–Crippen LogP) is -0.0968. The minimum Gasteiger partial charge on any atom is -0.345 e. The Morgan fingerprint density at radius 3 is 2.65 bits per heavy atom. The molecular formula is C19H27N5O5S2. The molecule has 0 spiro atoms. The molecule has 2 unspecified atom stereocenters. The number of sulfonamides is 1. The number of aromatic nitrogens is 2. The number of aromatic amines is 1. The molecule has 0 aliphatic carbocycles. The van der Waals surface area contributed by atoms with Crippen LogP contribution in [0, 0.1) is 0 Å². The van der Waals surface area contributed by atoms with Gasteiger partial charge in [-0.2, -0.15) is 4.31 Å². The molecule has 2 aliphatic heterocycles. The summed E-state index contributed by atoms with van der Waals surface area (Å²) in [6, 6.07) is 2.68. The molecule has 2 atom stereocenters. The lowest BCUT2D eigenvalue weighted by atomic mass is 10.1. The maximum absolute atomic E-state index is 13.1. The van der Waals surface area contributed by atoms with Gasteiger partial charge in [-0.25, -0.2) is 21.8 Å². The Balaban J connectivity index is 1.40. The molecule has 1 N–H and O–H groups in total. The van der Waals surface area contributed by atoms with Gasteiger partial charge in [0.05, 0.1) is 17.5 Å². The maximum atomic E-state index is 13.1. The van der Waals surface area contributed by atoms with E-state index in [0.29, 0.717) is 30.5 Å². The van der Waals surface area contributed by atoms with Crippen molar-refractivity contribution in [3.63, 3.8) is 0 Å². The first-order valence-corrected chi connectivity index (χ1v) is 13.5. The molecule has 0 radical (unpaired) electrons. The highest BCUT2D eigenvalue weighted by Crippen LogP contribution is 2.26. The summed E-state index contributed by atoms with van der Waals surface area (Å²) in [7, 11) is -5.11. The van der Waals surface area contributed by atoms with Crippen LogP contribution >= 0.6 is 0 Å². The molecule has 31 heavy (non-hydrogen) atoms. The van der Waals surface area contributed by atoms with Gasteiger partial charge >= 0.3 is 0 Å². The number of piperazine rings is 1. The van der Waals surface area contributed by atoms with Crippen molar-refractivity contribution in [2.45, 2.75) is 30.3 Å². The third-order valence-electron chi connectivity index (χ3n) is 6.31. The van der Waals surface area contributed by atoms with E-state index < -0.39 is 25.9 Å². The van der Waals surface area contributed by atoms with Crippen molar-refractivity contribution in [3.8, 4) is 0 Å². The fourth-order valence-corrected chi connectivity index (χ4v) is 7.67. The van der Waals surface area contributed by atoms with Crippen LogP contribution in [0.5, 0.6) is 0 Å². The molecule has 170 valence electrons. The number of carbonyl (C=O) groups excluding carboxylic acids is 1. The van der Waals surface area contributed by atoms with Gasteiger partial charge in [0, 0.05) is 57.0 Å². The minimum atomic E-state index is -3.68. The number of rotatable bonds is 5. The lowest BCUT2D eigenvalue weighted by molar-refractivity contribution is -0.137. The van der Waals surface area contributed by atoms with E-state index in [0.717, 1.165) is 0 Å². The van der Waals surface area contributed by atoms with E-state index in [-0.39, 0.29) is 41.4 Å². The predicted molar refractivity (Wildman–Crippen MR) is 116 cm³/mol. The number of sulfone groups is 1. The molecule has 2 fully saturated rings. The fraction of sp³-hybridized carbons (Fsp3) is 0.579. The van der Waals surface area contributed by atoms with E-state index in [1.807, 2.05) is 4.90 Å². The third kappa shape index (κ3) is 4.21. The highest BCUT2D eigenvalue weighted by molar-refractivity contribution is 7.91. The van der Waals surface area contributed by atoms with Crippen molar-refractivity contribution in [1.29, 1.82) is 0 Å². The highest BCUT2D eigenvalue weighted by Gasteiger charge is 2.37. The number of amides is 1. The number of likely N-dealkylation sites (N-methyl/N-ethyl adjacent to an activating group) is 1. The van der Waals surface area contributed by atoms with Crippen molar-refractivity contribution in [2.75, 3.05) is 44.7 Å². The third-order valence-corrected chi connectivity index (χ3v) is 10.0. The van der Waals surface area contributed by atoms with Crippen LogP contribution in [-0.4, -0.2) is 104 Å². The highest BCUT2D eigenvalue weighted by atomic mass is 32.2. The first-order chi connectivity index (χ1) is 14.6. The molecule has 4 rings (SSSR count). The van der Waals surface area contributed by atoms with E-state index >= 15 is 0 Å². The number of fused-ring (bicyclic) bond motifs is 1. The molecule has 0 saturated carbocycles. The number of H-pyrrole nitrogens is 1. The van der Waals surface area contributed by atoms with Crippen molar-refractivity contribution in [1.82, 2.24) is 24.1 Å². The standard InChI is InChI=1S/C19H27N5O5S2/c1-14(19(25)22(2)15-5-11-30(26,27)13-15)23-7-9-24(10-8-23)31(28,29)17-12-21-18-16(17)4-3-6-20-18/h3-4,6,12,14-15H,5,7-11,13H2,1-2H3,(H,20,21). The summed E-state index contributed by atoms with van der Waals surface area (Å²) in [5.74, 6) is -0.0158. The van der Waals surface area contributed by atoms with Crippen LogP contribution in [0.15, 0.2) is 29.4 Å². The monoisotopic (exact) mass is 469 g/mol. The summed E-state index contributed by atoms with van der Waals surface area (Å²) in [6.45, 7) is 3.17. The van der Waals surface area contributed by atoms with Crippen LogP contribution in [0.25, 0.3) is 11.0 Å². The number of nitrogens with one attached hydrogen (secondary N) is 1. The quantitative estimate of drug-likeness (QED) is 0.649.